The van der Waals surface area contributed by atoms with Crippen molar-refractivity contribution in [2.24, 2.45) is 0 Å². The summed E-state index contributed by atoms with van der Waals surface area (Å²) < 4.78 is 0. The van der Waals surface area contributed by atoms with Crippen LogP contribution in [0.1, 0.15) is 11.5 Å². The molecule has 18 heavy (non-hydrogen) atoms. The third-order valence-electron chi connectivity index (χ3n) is 3.26. The summed E-state index contributed by atoms with van der Waals surface area (Å²) in [6.07, 6.45) is 8.20. The Bertz CT molecular complexity index is 597. The van der Waals surface area contributed by atoms with Gasteiger partial charge in [-0.1, -0.05) is 72.8 Å². The third kappa shape index (κ3) is 1.84. The molecule has 0 bridgehead atoms. The summed E-state index contributed by atoms with van der Waals surface area (Å²) in [4.78, 5) is 0. The zero-order valence-electron chi connectivity index (χ0n) is 9.95. The topological polar surface area (TPSA) is 20.2 Å². The van der Waals surface area contributed by atoms with Crippen molar-refractivity contribution in [3.63, 3.8) is 0 Å². The lowest BCUT2D eigenvalue weighted by molar-refractivity contribution is 0.470. The largest absolute Gasteiger partial charge is 0.507 e. The molecule has 1 N–H and O–H groups in total. The van der Waals surface area contributed by atoms with Crippen molar-refractivity contribution in [2.75, 3.05) is 0 Å². The van der Waals surface area contributed by atoms with Gasteiger partial charge in [0.2, 0.25) is 0 Å². The molecule has 0 atom stereocenters. The minimum Gasteiger partial charge on any atom is -0.507 e. The van der Waals surface area contributed by atoms with E-state index < -0.39 is 0 Å². The number of benzene rings is 2. The predicted octanol–water partition coefficient (Wildman–Crippen LogP) is 4.27. The van der Waals surface area contributed by atoms with Gasteiger partial charge in [-0.15, -0.1) is 0 Å². The highest BCUT2D eigenvalue weighted by Gasteiger charge is 2.14. The van der Waals surface area contributed by atoms with Crippen LogP contribution in [0.25, 0.3) is 11.1 Å². The van der Waals surface area contributed by atoms with Gasteiger partial charge in [-0.2, -0.15) is 0 Å². The number of hydrogen-bond donors (Lipinski definition) is 1. The number of phenolic OH excluding ortho intramolecular Hbond substituents is 1. The number of phenols is 1. The van der Waals surface area contributed by atoms with Gasteiger partial charge in [-0.3, -0.25) is 0 Å². The van der Waals surface area contributed by atoms with Gasteiger partial charge in [0.1, 0.15) is 5.75 Å². The van der Waals surface area contributed by atoms with Gasteiger partial charge in [0.25, 0.3) is 0 Å². The summed E-state index contributed by atoms with van der Waals surface area (Å²) in [5, 5.41) is 10.4. The van der Waals surface area contributed by atoms with E-state index in [0.717, 1.165) is 16.7 Å². The third-order valence-corrected chi connectivity index (χ3v) is 3.26. The summed E-state index contributed by atoms with van der Waals surface area (Å²) in [5.41, 5.74) is 2.89. The normalized spacial score (nSPS) is 14.2. The van der Waals surface area contributed by atoms with Crippen molar-refractivity contribution in [1.29, 1.82) is 0 Å². The molecule has 0 spiro atoms. The molecular formula is C17H14O. The van der Waals surface area contributed by atoms with Crippen LogP contribution in [0.15, 0.2) is 72.8 Å². The second-order valence-corrected chi connectivity index (χ2v) is 4.41. The van der Waals surface area contributed by atoms with E-state index in [1.165, 1.54) is 0 Å². The van der Waals surface area contributed by atoms with Gasteiger partial charge in [0.15, 0.2) is 0 Å². The Hall–Kier alpha value is -2.28. The van der Waals surface area contributed by atoms with Crippen LogP contribution in [0.2, 0.25) is 0 Å². The number of rotatable bonds is 2. The number of hydrogen-bond acceptors (Lipinski definition) is 1. The van der Waals surface area contributed by atoms with Crippen LogP contribution in [-0.2, 0) is 0 Å². The Balaban J connectivity index is 2.10. The van der Waals surface area contributed by atoms with E-state index >= 15 is 0 Å². The smallest absolute Gasteiger partial charge is 0.127 e. The number of aromatic hydroxyl groups is 1. The fourth-order valence-corrected chi connectivity index (χ4v) is 2.32. The maximum atomic E-state index is 10.4. The fraction of sp³-hybridized carbons (Fsp3) is 0.0588. The molecule has 0 aliphatic heterocycles. The van der Waals surface area contributed by atoms with Crippen molar-refractivity contribution in [2.45, 2.75) is 5.92 Å². The molecule has 88 valence electrons. The van der Waals surface area contributed by atoms with Gasteiger partial charge in [-0.25, -0.2) is 0 Å². The first-order chi connectivity index (χ1) is 8.86. The molecule has 1 aliphatic rings. The van der Waals surface area contributed by atoms with E-state index in [1.807, 2.05) is 60.7 Å². The molecule has 3 rings (SSSR count). The van der Waals surface area contributed by atoms with Gasteiger partial charge in [-0.05, 0) is 5.56 Å². The quantitative estimate of drug-likeness (QED) is 0.822. The molecule has 1 nitrogen and oxygen atoms in total. The lowest BCUT2D eigenvalue weighted by Crippen LogP contribution is -1.91. The first-order valence-corrected chi connectivity index (χ1v) is 6.08. The minimum atomic E-state index is 0.189. The Morgan fingerprint density at radius 2 is 1.50 bits per heavy atom. The molecule has 1 aliphatic carbocycles. The first-order valence-electron chi connectivity index (χ1n) is 6.08. The van der Waals surface area contributed by atoms with Crippen LogP contribution in [0.3, 0.4) is 0 Å². The summed E-state index contributed by atoms with van der Waals surface area (Å²) in [6, 6.07) is 15.9. The molecule has 0 heterocycles. The summed E-state index contributed by atoms with van der Waals surface area (Å²) >= 11 is 0. The zero-order chi connectivity index (χ0) is 12.4. The van der Waals surface area contributed by atoms with Crippen LogP contribution < -0.4 is 0 Å². The second-order valence-electron chi connectivity index (χ2n) is 4.41. The molecule has 0 radical (unpaired) electrons. The van der Waals surface area contributed by atoms with Crippen LogP contribution in [0.5, 0.6) is 5.75 Å². The van der Waals surface area contributed by atoms with Gasteiger partial charge in [0, 0.05) is 17.0 Å². The zero-order valence-corrected chi connectivity index (χ0v) is 9.95. The monoisotopic (exact) mass is 234 g/mol. The highest BCUT2D eigenvalue weighted by atomic mass is 16.3. The van der Waals surface area contributed by atoms with Crippen LogP contribution in [-0.4, -0.2) is 5.11 Å². The van der Waals surface area contributed by atoms with Crippen molar-refractivity contribution >= 4 is 0 Å². The highest BCUT2D eigenvalue weighted by Crippen LogP contribution is 2.37. The van der Waals surface area contributed by atoms with E-state index in [1.54, 1.807) is 0 Å². The summed E-state index contributed by atoms with van der Waals surface area (Å²) in [7, 11) is 0. The number of para-hydroxylation sites is 1. The van der Waals surface area contributed by atoms with E-state index in [4.69, 9.17) is 0 Å². The molecule has 0 aromatic heterocycles. The van der Waals surface area contributed by atoms with Gasteiger partial charge < -0.3 is 5.11 Å². The Labute approximate surface area is 107 Å². The van der Waals surface area contributed by atoms with Gasteiger partial charge >= 0.3 is 0 Å². The molecule has 0 unspecified atom stereocenters. The van der Waals surface area contributed by atoms with Gasteiger partial charge in [0.05, 0.1) is 0 Å². The fourth-order valence-electron chi connectivity index (χ4n) is 2.32. The molecule has 0 saturated heterocycles. The molecule has 2 aromatic rings. The van der Waals surface area contributed by atoms with Crippen molar-refractivity contribution in [3.05, 3.63) is 78.4 Å². The average molecular weight is 234 g/mol. The molecule has 0 saturated carbocycles. The van der Waals surface area contributed by atoms with Crippen LogP contribution in [0, 0.1) is 0 Å². The van der Waals surface area contributed by atoms with Crippen molar-refractivity contribution < 1.29 is 5.11 Å². The lowest BCUT2D eigenvalue weighted by Gasteiger charge is -2.12. The molecule has 0 amide bonds. The lowest BCUT2D eigenvalue weighted by atomic mass is 9.94. The highest BCUT2D eigenvalue weighted by molar-refractivity contribution is 5.72. The summed E-state index contributed by atoms with van der Waals surface area (Å²) in [5.74, 6) is 0.568. The van der Waals surface area contributed by atoms with Crippen LogP contribution in [0.4, 0.5) is 0 Å². The Kier molecular flexibility index (Phi) is 2.73. The van der Waals surface area contributed by atoms with E-state index in [9.17, 15) is 5.11 Å². The second kappa shape index (κ2) is 4.53. The predicted molar refractivity (Wildman–Crippen MR) is 74.6 cm³/mol. The molecular weight excluding hydrogens is 220 g/mol. The van der Waals surface area contributed by atoms with E-state index in [0.29, 0.717) is 5.75 Å². The molecule has 2 aromatic carbocycles. The Morgan fingerprint density at radius 3 is 2.22 bits per heavy atom. The van der Waals surface area contributed by atoms with E-state index in [2.05, 4.69) is 12.2 Å². The maximum Gasteiger partial charge on any atom is 0.127 e. The SMILES string of the molecule is Oc1c(-c2ccccc2)cccc1C1C=CC=C1. The van der Waals surface area contributed by atoms with Crippen molar-refractivity contribution in [3.8, 4) is 16.9 Å². The average Bonchev–Trinajstić information content (AvgIpc) is 2.94. The molecule has 0 fully saturated rings. The van der Waals surface area contributed by atoms with Crippen molar-refractivity contribution in [1.82, 2.24) is 0 Å². The van der Waals surface area contributed by atoms with Crippen LogP contribution >= 0.6 is 0 Å². The standard InChI is InChI=1S/C17H14O/c18-17-15(13-7-2-1-3-8-13)11-6-12-16(17)14-9-4-5-10-14/h1-12,14,18H. The van der Waals surface area contributed by atoms with E-state index in [-0.39, 0.29) is 5.92 Å². The maximum absolute atomic E-state index is 10.4. The Morgan fingerprint density at radius 1 is 0.778 bits per heavy atom. The first kappa shape index (κ1) is 10.8. The minimum absolute atomic E-state index is 0.189. The number of allylic oxidation sites excluding steroid dienone is 4. The summed E-state index contributed by atoms with van der Waals surface area (Å²) in [6.45, 7) is 0. The molecule has 1 heteroatoms.